The monoisotopic (exact) mass is 276 g/mol. The van der Waals surface area contributed by atoms with Crippen LogP contribution in [0.15, 0.2) is 18.2 Å². The van der Waals surface area contributed by atoms with E-state index in [1.54, 1.807) is 7.11 Å². The Morgan fingerprint density at radius 2 is 2.25 bits per heavy atom. The third-order valence-corrected chi connectivity index (χ3v) is 4.19. The lowest BCUT2D eigenvalue weighted by molar-refractivity contribution is 0.199. The highest BCUT2D eigenvalue weighted by Gasteiger charge is 2.24. The van der Waals surface area contributed by atoms with E-state index in [0.717, 1.165) is 25.7 Å². The second-order valence-corrected chi connectivity index (χ2v) is 5.70. The molecular formula is C17H28N2O. The highest BCUT2D eigenvalue weighted by Crippen LogP contribution is 2.30. The molecule has 1 aliphatic heterocycles. The van der Waals surface area contributed by atoms with Crippen LogP contribution >= 0.6 is 0 Å². The number of ether oxygens (including phenoxy) is 1. The first kappa shape index (κ1) is 15.3. The molecule has 0 aromatic heterocycles. The first-order valence-electron chi connectivity index (χ1n) is 7.82. The van der Waals surface area contributed by atoms with Crippen molar-refractivity contribution in [3.05, 3.63) is 29.3 Å². The second kappa shape index (κ2) is 7.65. The molecule has 1 unspecified atom stereocenters. The van der Waals surface area contributed by atoms with Gasteiger partial charge in [0.1, 0.15) is 0 Å². The molecule has 0 saturated carbocycles. The summed E-state index contributed by atoms with van der Waals surface area (Å²) in [7, 11) is 1.75. The summed E-state index contributed by atoms with van der Waals surface area (Å²) in [6, 6.07) is 7.57. The van der Waals surface area contributed by atoms with Crippen molar-refractivity contribution in [3.63, 3.8) is 0 Å². The summed E-state index contributed by atoms with van der Waals surface area (Å²) < 4.78 is 5.10. The molecule has 1 atom stereocenters. The van der Waals surface area contributed by atoms with Crippen LogP contribution < -0.4 is 10.2 Å². The van der Waals surface area contributed by atoms with Crippen LogP contribution in [0, 0.1) is 6.92 Å². The van der Waals surface area contributed by atoms with Gasteiger partial charge in [0, 0.05) is 38.5 Å². The van der Waals surface area contributed by atoms with Crippen molar-refractivity contribution in [1.29, 1.82) is 0 Å². The predicted octanol–water partition coefficient (Wildman–Crippen LogP) is 3.11. The summed E-state index contributed by atoms with van der Waals surface area (Å²) in [6.45, 7) is 8.26. The van der Waals surface area contributed by atoms with Crippen LogP contribution in [0.1, 0.15) is 37.3 Å². The van der Waals surface area contributed by atoms with Crippen molar-refractivity contribution in [3.8, 4) is 0 Å². The molecule has 1 aromatic carbocycles. The number of rotatable bonds is 7. The zero-order chi connectivity index (χ0) is 14.4. The molecule has 0 amide bonds. The molecule has 1 saturated heterocycles. The molecule has 1 N–H and O–H groups in total. The molecule has 3 nitrogen and oxygen atoms in total. The third kappa shape index (κ3) is 3.74. The quantitative estimate of drug-likeness (QED) is 0.774. The first-order valence-corrected chi connectivity index (χ1v) is 7.82. The summed E-state index contributed by atoms with van der Waals surface area (Å²) in [4.78, 5) is 2.60. The fraction of sp³-hybridized carbons (Fsp3) is 0.647. The predicted molar refractivity (Wildman–Crippen MR) is 85.4 cm³/mol. The summed E-state index contributed by atoms with van der Waals surface area (Å²) in [5.74, 6) is 0. The van der Waals surface area contributed by atoms with E-state index < -0.39 is 0 Å². The zero-order valence-electron chi connectivity index (χ0n) is 13.1. The van der Waals surface area contributed by atoms with Gasteiger partial charge in [0.25, 0.3) is 0 Å². The lowest BCUT2D eigenvalue weighted by Crippen LogP contribution is -2.30. The van der Waals surface area contributed by atoms with E-state index in [-0.39, 0.29) is 0 Å². The van der Waals surface area contributed by atoms with E-state index in [2.05, 4.69) is 42.3 Å². The molecule has 1 aromatic rings. The van der Waals surface area contributed by atoms with Gasteiger partial charge in [-0.25, -0.2) is 0 Å². The summed E-state index contributed by atoms with van der Waals surface area (Å²) in [5, 5.41) is 3.47. The van der Waals surface area contributed by atoms with Crippen molar-refractivity contribution < 1.29 is 4.74 Å². The van der Waals surface area contributed by atoms with Gasteiger partial charge in [-0.3, -0.25) is 0 Å². The van der Waals surface area contributed by atoms with E-state index in [9.17, 15) is 0 Å². The van der Waals surface area contributed by atoms with Gasteiger partial charge in [-0.2, -0.15) is 0 Å². The fourth-order valence-corrected chi connectivity index (χ4v) is 3.11. The maximum Gasteiger partial charge on any atom is 0.0587 e. The van der Waals surface area contributed by atoms with Crippen molar-refractivity contribution in [2.24, 2.45) is 0 Å². The summed E-state index contributed by atoms with van der Waals surface area (Å²) >= 11 is 0. The normalized spacial score (nSPS) is 18.8. The fourth-order valence-electron chi connectivity index (χ4n) is 3.11. The molecule has 1 aliphatic rings. The van der Waals surface area contributed by atoms with Gasteiger partial charge in [-0.05, 0) is 37.8 Å². The van der Waals surface area contributed by atoms with Crippen molar-refractivity contribution in [1.82, 2.24) is 5.32 Å². The molecule has 2 rings (SSSR count). The van der Waals surface area contributed by atoms with Crippen LogP contribution in [-0.2, 0) is 11.3 Å². The molecule has 0 bridgehead atoms. The Hall–Kier alpha value is -1.06. The maximum absolute atomic E-state index is 5.10. The molecular weight excluding hydrogens is 248 g/mol. The minimum Gasteiger partial charge on any atom is -0.383 e. The molecule has 3 heteroatoms. The standard InChI is InChI=1S/C17H28N2O/c1-4-16-6-5-10-19(16)17-8-7-14(2)12-15(17)13-18-9-11-20-3/h7-8,12,16,18H,4-6,9-11,13H2,1-3H3. The van der Waals surface area contributed by atoms with Crippen LogP contribution in [0.4, 0.5) is 5.69 Å². The van der Waals surface area contributed by atoms with Crippen LogP contribution in [0.25, 0.3) is 0 Å². The van der Waals surface area contributed by atoms with E-state index >= 15 is 0 Å². The van der Waals surface area contributed by atoms with Gasteiger partial charge in [0.2, 0.25) is 0 Å². The van der Waals surface area contributed by atoms with Gasteiger partial charge >= 0.3 is 0 Å². The van der Waals surface area contributed by atoms with E-state index in [4.69, 9.17) is 4.74 Å². The number of anilines is 1. The number of hydrogen-bond acceptors (Lipinski definition) is 3. The Bertz CT molecular complexity index is 419. The van der Waals surface area contributed by atoms with Gasteiger partial charge in [-0.15, -0.1) is 0 Å². The van der Waals surface area contributed by atoms with Gasteiger partial charge in [-0.1, -0.05) is 24.6 Å². The van der Waals surface area contributed by atoms with Crippen molar-refractivity contribution in [2.45, 2.75) is 45.7 Å². The average Bonchev–Trinajstić information content (AvgIpc) is 2.92. The minimum atomic E-state index is 0.718. The number of hydrogen-bond donors (Lipinski definition) is 1. The average molecular weight is 276 g/mol. The summed E-state index contributed by atoms with van der Waals surface area (Å²) in [6.07, 6.45) is 3.90. The van der Waals surface area contributed by atoms with Gasteiger partial charge in [0.15, 0.2) is 0 Å². The Kier molecular flexibility index (Phi) is 5.86. The number of benzene rings is 1. The maximum atomic E-state index is 5.10. The number of nitrogens with zero attached hydrogens (tertiary/aromatic N) is 1. The van der Waals surface area contributed by atoms with Crippen molar-refractivity contribution >= 4 is 5.69 Å². The van der Waals surface area contributed by atoms with E-state index in [1.165, 1.54) is 42.6 Å². The minimum absolute atomic E-state index is 0.718. The summed E-state index contributed by atoms with van der Waals surface area (Å²) in [5.41, 5.74) is 4.18. The first-order chi connectivity index (χ1) is 9.76. The van der Waals surface area contributed by atoms with Crippen LogP contribution in [0.3, 0.4) is 0 Å². The lowest BCUT2D eigenvalue weighted by atomic mass is 10.1. The number of methoxy groups -OCH3 is 1. The second-order valence-electron chi connectivity index (χ2n) is 5.70. The van der Waals surface area contributed by atoms with Crippen molar-refractivity contribution in [2.75, 3.05) is 31.7 Å². The highest BCUT2D eigenvalue weighted by molar-refractivity contribution is 5.56. The Balaban J connectivity index is 2.10. The molecule has 112 valence electrons. The molecule has 1 heterocycles. The molecule has 0 spiro atoms. The van der Waals surface area contributed by atoms with E-state index in [0.29, 0.717) is 0 Å². The number of aryl methyl sites for hydroxylation is 1. The molecule has 1 fully saturated rings. The Morgan fingerprint density at radius 1 is 1.40 bits per heavy atom. The van der Waals surface area contributed by atoms with Gasteiger partial charge < -0.3 is 15.0 Å². The smallest absolute Gasteiger partial charge is 0.0587 e. The Labute approximate surface area is 123 Å². The highest BCUT2D eigenvalue weighted by atomic mass is 16.5. The molecule has 0 radical (unpaired) electrons. The molecule has 0 aliphatic carbocycles. The van der Waals surface area contributed by atoms with E-state index in [1.807, 2.05) is 0 Å². The molecule has 20 heavy (non-hydrogen) atoms. The van der Waals surface area contributed by atoms with Crippen LogP contribution in [-0.4, -0.2) is 32.8 Å². The van der Waals surface area contributed by atoms with Crippen LogP contribution in [0.2, 0.25) is 0 Å². The topological polar surface area (TPSA) is 24.5 Å². The lowest BCUT2D eigenvalue weighted by Gasteiger charge is -2.28. The SMILES string of the molecule is CCC1CCCN1c1ccc(C)cc1CNCCOC. The number of nitrogens with one attached hydrogen (secondary N) is 1. The van der Waals surface area contributed by atoms with Gasteiger partial charge in [0.05, 0.1) is 6.61 Å². The Morgan fingerprint density at radius 3 is 3.00 bits per heavy atom. The van der Waals surface area contributed by atoms with Crippen LogP contribution in [0.5, 0.6) is 0 Å². The largest absolute Gasteiger partial charge is 0.383 e. The third-order valence-electron chi connectivity index (χ3n) is 4.19. The zero-order valence-corrected chi connectivity index (χ0v) is 13.1.